The van der Waals surface area contributed by atoms with E-state index in [9.17, 15) is 16.8 Å². The molecule has 7 nitrogen and oxygen atoms in total. The first-order chi connectivity index (χ1) is 11.5. The SMILES string of the molecule is Cc1c(Cl)cccc1S(=O)(=O)Nc1nc(CCN(C)S(C)(=O)=O)cs1. The molecule has 25 heavy (non-hydrogen) atoms. The van der Waals surface area contributed by atoms with Gasteiger partial charge >= 0.3 is 0 Å². The number of likely N-dealkylation sites (N-methyl/N-ethyl adjacent to an activating group) is 1. The van der Waals surface area contributed by atoms with E-state index in [2.05, 4.69) is 9.71 Å². The van der Waals surface area contributed by atoms with Crippen LogP contribution in [0.4, 0.5) is 5.13 Å². The van der Waals surface area contributed by atoms with Gasteiger partial charge in [0.1, 0.15) is 0 Å². The van der Waals surface area contributed by atoms with E-state index in [0.29, 0.717) is 22.7 Å². The number of hydrogen-bond acceptors (Lipinski definition) is 6. The zero-order valence-electron chi connectivity index (χ0n) is 13.9. The molecule has 0 fully saturated rings. The van der Waals surface area contributed by atoms with Gasteiger partial charge in [-0.3, -0.25) is 4.72 Å². The van der Waals surface area contributed by atoms with Crippen LogP contribution < -0.4 is 4.72 Å². The Hall–Kier alpha value is -1.20. The maximum Gasteiger partial charge on any atom is 0.263 e. The maximum absolute atomic E-state index is 12.5. The molecule has 0 radical (unpaired) electrons. The fourth-order valence-electron chi connectivity index (χ4n) is 1.96. The third kappa shape index (κ3) is 5.14. The molecule has 1 heterocycles. The molecule has 0 unspecified atom stereocenters. The van der Waals surface area contributed by atoms with Crippen LogP contribution in [0.1, 0.15) is 11.3 Å². The van der Waals surface area contributed by atoms with Gasteiger partial charge in [0.05, 0.1) is 16.8 Å². The molecular formula is C14H18ClN3O4S3. The Balaban J connectivity index is 2.11. The quantitative estimate of drug-likeness (QED) is 0.737. The first-order valence-corrected chi connectivity index (χ1v) is 11.7. The smallest absolute Gasteiger partial charge is 0.255 e. The minimum Gasteiger partial charge on any atom is -0.255 e. The Bertz CT molecular complexity index is 971. The molecule has 0 saturated heterocycles. The third-order valence-corrected chi connectivity index (χ3v) is 7.67. The van der Waals surface area contributed by atoms with Crippen LogP contribution in [0.2, 0.25) is 5.02 Å². The summed E-state index contributed by atoms with van der Waals surface area (Å²) in [5, 5.41) is 2.28. The standard InChI is InChI=1S/C14H18ClN3O4S3/c1-10-12(15)5-4-6-13(10)25(21,22)17-14-16-11(9-23-14)7-8-18(2)24(3,19)20/h4-6,9H,7-8H2,1-3H3,(H,16,17). The summed E-state index contributed by atoms with van der Waals surface area (Å²) in [6.07, 6.45) is 1.51. The van der Waals surface area contributed by atoms with Crippen LogP contribution in [0.5, 0.6) is 0 Å². The molecule has 0 bridgehead atoms. The van der Waals surface area contributed by atoms with Crippen LogP contribution in [-0.2, 0) is 26.5 Å². The van der Waals surface area contributed by atoms with Crippen molar-refractivity contribution < 1.29 is 16.8 Å². The Morgan fingerprint density at radius 1 is 1.28 bits per heavy atom. The molecule has 0 aliphatic carbocycles. The first-order valence-electron chi connectivity index (χ1n) is 7.14. The fraction of sp³-hybridized carbons (Fsp3) is 0.357. The molecule has 0 spiro atoms. The second kappa shape index (κ2) is 7.58. The molecule has 0 saturated carbocycles. The Morgan fingerprint density at radius 3 is 2.60 bits per heavy atom. The highest BCUT2D eigenvalue weighted by atomic mass is 35.5. The van der Waals surface area contributed by atoms with E-state index in [1.165, 1.54) is 17.4 Å². The van der Waals surface area contributed by atoms with Crippen LogP contribution >= 0.6 is 22.9 Å². The van der Waals surface area contributed by atoms with Crippen molar-refractivity contribution in [2.75, 3.05) is 24.6 Å². The molecule has 0 aliphatic heterocycles. The number of aromatic nitrogens is 1. The molecule has 0 atom stereocenters. The monoisotopic (exact) mass is 423 g/mol. The molecule has 11 heteroatoms. The highest BCUT2D eigenvalue weighted by molar-refractivity contribution is 7.93. The molecule has 2 rings (SSSR count). The molecule has 138 valence electrons. The van der Waals surface area contributed by atoms with Gasteiger partial charge in [0, 0.05) is 30.4 Å². The summed E-state index contributed by atoms with van der Waals surface area (Å²) in [5.41, 5.74) is 1.07. The third-order valence-electron chi connectivity index (χ3n) is 3.53. The molecule has 0 aliphatic rings. The van der Waals surface area contributed by atoms with Crippen molar-refractivity contribution in [3.05, 3.63) is 39.9 Å². The van der Waals surface area contributed by atoms with E-state index in [0.717, 1.165) is 17.6 Å². The van der Waals surface area contributed by atoms with Crippen molar-refractivity contribution in [1.29, 1.82) is 0 Å². The predicted octanol–water partition coefficient (Wildman–Crippen LogP) is 2.34. The minimum absolute atomic E-state index is 0.0913. The van der Waals surface area contributed by atoms with Crippen LogP contribution in [0.3, 0.4) is 0 Å². The van der Waals surface area contributed by atoms with E-state index < -0.39 is 20.0 Å². The summed E-state index contributed by atoms with van der Waals surface area (Å²) in [4.78, 5) is 4.29. The topological polar surface area (TPSA) is 96.4 Å². The van der Waals surface area contributed by atoms with E-state index in [1.54, 1.807) is 24.4 Å². The molecule has 1 aromatic carbocycles. The number of anilines is 1. The van der Waals surface area contributed by atoms with Crippen molar-refractivity contribution in [2.45, 2.75) is 18.2 Å². The van der Waals surface area contributed by atoms with Crippen LogP contribution in [0.15, 0.2) is 28.5 Å². The molecular weight excluding hydrogens is 406 g/mol. The summed E-state index contributed by atoms with van der Waals surface area (Å²) in [6.45, 7) is 1.90. The average Bonchev–Trinajstić information content (AvgIpc) is 2.93. The number of halogens is 1. The first kappa shape index (κ1) is 20.1. The zero-order chi connectivity index (χ0) is 18.8. The lowest BCUT2D eigenvalue weighted by Crippen LogP contribution is -2.27. The lowest BCUT2D eigenvalue weighted by Gasteiger charge is -2.12. The largest absolute Gasteiger partial charge is 0.263 e. The molecule has 1 aromatic heterocycles. The number of thiazole rings is 1. The Labute approximate surface area is 156 Å². The number of benzene rings is 1. The van der Waals surface area contributed by atoms with Gasteiger partial charge in [-0.1, -0.05) is 17.7 Å². The number of hydrogen-bond donors (Lipinski definition) is 1. The number of nitrogens with one attached hydrogen (secondary N) is 1. The lowest BCUT2D eigenvalue weighted by molar-refractivity contribution is 0.476. The van der Waals surface area contributed by atoms with E-state index in [1.807, 2.05) is 0 Å². The lowest BCUT2D eigenvalue weighted by atomic mass is 10.2. The highest BCUT2D eigenvalue weighted by Gasteiger charge is 2.20. The average molecular weight is 424 g/mol. The Morgan fingerprint density at radius 2 is 1.96 bits per heavy atom. The predicted molar refractivity (Wildman–Crippen MR) is 100 cm³/mol. The minimum atomic E-state index is -3.80. The highest BCUT2D eigenvalue weighted by Crippen LogP contribution is 2.26. The van der Waals surface area contributed by atoms with Crippen molar-refractivity contribution in [1.82, 2.24) is 9.29 Å². The summed E-state index contributed by atoms with van der Waals surface area (Å²) in [6, 6.07) is 4.66. The number of rotatable bonds is 7. The second-order valence-electron chi connectivity index (χ2n) is 5.45. The maximum atomic E-state index is 12.5. The Kier molecular flexibility index (Phi) is 6.10. The number of nitrogens with zero attached hydrogens (tertiary/aromatic N) is 2. The molecule has 2 aromatic rings. The van der Waals surface area contributed by atoms with Gasteiger partial charge in [0.2, 0.25) is 10.0 Å². The molecule has 1 N–H and O–H groups in total. The van der Waals surface area contributed by atoms with Crippen molar-refractivity contribution in [3.63, 3.8) is 0 Å². The summed E-state index contributed by atoms with van der Waals surface area (Å²) >= 11 is 7.11. The van der Waals surface area contributed by atoms with Gasteiger partial charge in [-0.15, -0.1) is 11.3 Å². The van der Waals surface area contributed by atoms with Crippen molar-refractivity contribution in [3.8, 4) is 0 Å². The summed E-state index contributed by atoms with van der Waals surface area (Å²) in [5.74, 6) is 0. The van der Waals surface area contributed by atoms with Gasteiger partial charge in [0.15, 0.2) is 5.13 Å². The van der Waals surface area contributed by atoms with Crippen LogP contribution in [0.25, 0.3) is 0 Å². The summed E-state index contributed by atoms with van der Waals surface area (Å²) in [7, 11) is -5.58. The van der Waals surface area contributed by atoms with E-state index >= 15 is 0 Å². The van der Waals surface area contributed by atoms with Gasteiger partial charge in [-0.2, -0.15) is 0 Å². The fourth-order valence-corrected chi connectivity index (χ4v) is 4.87. The van der Waals surface area contributed by atoms with E-state index in [-0.39, 0.29) is 16.6 Å². The van der Waals surface area contributed by atoms with E-state index in [4.69, 9.17) is 11.6 Å². The van der Waals surface area contributed by atoms with Crippen LogP contribution in [0, 0.1) is 6.92 Å². The van der Waals surface area contributed by atoms with Gasteiger partial charge in [0.25, 0.3) is 10.0 Å². The van der Waals surface area contributed by atoms with Crippen LogP contribution in [-0.4, -0.2) is 46.0 Å². The van der Waals surface area contributed by atoms with Gasteiger partial charge < -0.3 is 0 Å². The van der Waals surface area contributed by atoms with Crippen molar-refractivity contribution in [2.24, 2.45) is 0 Å². The van der Waals surface area contributed by atoms with Gasteiger partial charge in [-0.25, -0.2) is 26.1 Å². The van der Waals surface area contributed by atoms with Crippen molar-refractivity contribution >= 4 is 48.1 Å². The van der Waals surface area contributed by atoms with Gasteiger partial charge in [-0.05, 0) is 24.6 Å². The molecule has 0 amide bonds. The second-order valence-corrected chi connectivity index (χ2v) is 10.5. The normalized spacial score (nSPS) is 12.5. The number of sulfonamides is 2. The summed E-state index contributed by atoms with van der Waals surface area (Å²) < 4.78 is 51.4. The zero-order valence-corrected chi connectivity index (χ0v) is 17.1.